The van der Waals surface area contributed by atoms with Crippen LogP contribution in [0, 0.1) is 18.3 Å². The summed E-state index contributed by atoms with van der Waals surface area (Å²) in [6.07, 6.45) is 0.856. The molecule has 2 aromatic carbocycles. The molecule has 1 aliphatic carbocycles. The van der Waals surface area contributed by atoms with Crippen molar-refractivity contribution in [3.63, 3.8) is 0 Å². The van der Waals surface area contributed by atoms with Gasteiger partial charge < -0.3 is 9.72 Å². The van der Waals surface area contributed by atoms with E-state index in [9.17, 15) is 9.59 Å². The number of rotatable bonds is 4. The van der Waals surface area contributed by atoms with Crippen LogP contribution < -0.4 is 4.74 Å². The summed E-state index contributed by atoms with van der Waals surface area (Å²) < 4.78 is 5.31. The number of aryl methyl sites for hydroxylation is 1. The minimum absolute atomic E-state index is 0.0387. The Morgan fingerprint density at radius 2 is 1.62 bits per heavy atom. The molecular weight excluding hydrogens is 362 g/mol. The van der Waals surface area contributed by atoms with Gasteiger partial charge in [-0.15, -0.1) is 0 Å². The first-order valence-corrected chi connectivity index (χ1v) is 10.1. The number of nitrogens with one attached hydrogen (secondary N) is 1. The number of Topliss-reactive ketones (excluding diaryl/α,β-unsaturated/α-hetero) is 2. The van der Waals surface area contributed by atoms with Gasteiger partial charge in [-0.3, -0.25) is 9.59 Å². The summed E-state index contributed by atoms with van der Waals surface area (Å²) in [4.78, 5) is 29.9. The van der Waals surface area contributed by atoms with E-state index in [4.69, 9.17) is 4.74 Å². The van der Waals surface area contributed by atoms with E-state index in [0.717, 1.165) is 33.5 Å². The Kier molecular flexibility index (Phi) is 4.81. The number of aromatic amines is 1. The van der Waals surface area contributed by atoms with Gasteiger partial charge in [-0.1, -0.05) is 44.2 Å². The minimum Gasteiger partial charge on any atom is -0.497 e. The molecule has 0 radical (unpaired) electrons. The molecule has 1 atom stereocenters. The molecule has 1 heterocycles. The van der Waals surface area contributed by atoms with Gasteiger partial charge in [-0.05, 0) is 41.7 Å². The topological polar surface area (TPSA) is 59.2 Å². The summed E-state index contributed by atoms with van der Waals surface area (Å²) in [6.45, 7) is 6.02. The number of hydrogen-bond acceptors (Lipinski definition) is 3. The Morgan fingerprint density at radius 1 is 1.00 bits per heavy atom. The number of fused-ring (bicyclic) bond motifs is 1. The number of ketones is 2. The second-order valence-corrected chi connectivity index (χ2v) is 8.89. The predicted molar refractivity (Wildman–Crippen MR) is 114 cm³/mol. The van der Waals surface area contributed by atoms with Crippen molar-refractivity contribution >= 4 is 22.5 Å². The zero-order valence-corrected chi connectivity index (χ0v) is 17.4. The molecule has 4 rings (SSSR count). The summed E-state index contributed by atoms with van der Waals surface area (Å²) in [6, 6.07) is 15.8. The van der Waals surface area contributed by atoms with Crippen molar-refractivity contribution in [1.29, 1.82) is 0 Å². The number of hydrogen-bond donors (Lipinski definition) is 1. The number of para-hydroxylation sites is 1. The highest BCUT2D eigenvalue weighted by Crippen LogP contribution is 2.45. The maximum Gasteiger partial charge on any atom is 0.144 e. The Morgan fingerprint density at radius 3 is 2.24 bits per heavy atom. The number of H-pyrrole nitrogens is 1. The molecule has 1 aliphatic rings. The van der Waals surface area contributed by atoms with E-state index in [1.54, 1.807) is 7.11 Å². The Labute approximate surface area is 171 Å². The zero-order valence-electron chi connectivity index (χ0n) is 17.4. The van der Waals surface area contributed by atoms with E-state index in [-0.39, 0.29) is 22.9 Å². The van der Waals surface area contributed by atoms with Crippen molar-refractivity contribution in [2.45, 2.75) is 39.5 Å². The molecule has 29 heavy (non-hydrogen) atoms. The van der Waals surface area contributed by atoms with E-state index in [0.29, 0.717) is 12.8 Å². The highest BCUT2D eigenvalue weighted by Gasteiger charge is 2.45. The van der Waals surface area contributed by atoms with Crippen LogP contribution in [0.15, 0.2) is 48.5 Å². The summed E-state index contributed by atoms with van der Waals surface area (Å²) in [7, 11) is 1.63. The molecular formula is C25H27NO3. The molecule has 1 fully saturated rings. The predicted octanol–water partition coefficient (Wildman–Crippen LogP) is 5.19. The number of aromatic nitrogens is 1. The first-order valence-electron chi connectivity index (χ1n) is 10.1. The third-order valence-corrected chi connectivity index (χ3v) is 6.06. The minimum atomic E-state index is -0.658. The Hall–Kier alpha value is -2.88. The van der Waals surface area contributed by atoms with Crippen LogP contribution >= 0.6 is 0 Å². The SMILES string of the molecule is COc1ccc(C(c2c(C)[nH]c3ccccc23)C2C(=O)CC(C)(C)CC2=O)cc1. The second kappa shape index (κ2) is 7.18. The molecule has 3 aromatic rings. The van der Waals surface area contributed by atoms with E-state index in [1.165, 1.54) is 0 Å². The van der Waals surface area contributed by atoms with Crippen molar-refractivity contribution in [3.8, 4) is 5.75 Å². The van der Waals surface area contributed by atoms with Gasteiger partial charge in [0.1, 0.15) is 17.3 Å². The molecule has 1 aromatic heterocycles. The second-order valence-electron chi connectivity index (χ2n) is 8.89. The molecule has 0 spiro atoms. The molecule has 150 valence electrons. The number of benzene rings is 2. The van der Waals surface area contributed by atoms with Gasteiger partial charge in [0.2, 0.25) is 0 Å². The fraction of sp³-hybridized carbons (Fsp3) is 0.360. The van der Waals surface area contributed by atoms with E-state index >= 15 is 0 Å². The van der Waals surface area contributed by atoms with Crippen LogP contribution in [-0.4, -0.2) is 23.7 Å². The lowest BCUT2D eigenvalue weighted by Crippen LogP contribution is -2.41. The van der Waals surface area contributed by atoms with Gasteiger partial charge >= 0.3 is 0 Å². The first-order chi connectivity index (χ1) is 13.8. The van der Waals surface area contributed by atoms with Gasteiger partial charge in [0.25, 0.3) is 0 Å². The van der Waals surface area contributed by atoms with Crippen LogP contribution in [0.3, 0.4) is 0 Å². The maximum atomic E-state index is 13.2. The molecule has 4 nitrogen and oxygen atoms in total. The number of ether oxygens (including phenoxy) is 1. The quantitative estimate of drug-likeness (QED) is 0.625. The fourth-order valence-electron chi connectivity index (χ4n) is 4.81. The van der Waals surface area contributed by atoms with Crippen LogP contribution in [0.2, 0.25) is 0 Å². The maximum absolute atomic E-state index is 13.2. The van der Waals surface area contributed by atoms with Crippen molar-refractivity contribution < 1.29 is 14.3 Å². The normalized spacial score (nSPS) is 18.2. The number of carbonyl (C=O) groups is 2. The van der Waals surface area contributed by atoms with Gasteiger partial charge in [-0.2, -0.15) is 0 Å². The largest absolute Gasteiger partial charge is 0.497 e. The van der Waals surface area contributed by atoms with Crippen LogP contribution in [-0.2, 0) is 9.59 Å². The fourth-order valence-corrected chi connectivity index (χ4v) is 4.81. The average Bonchev–Trinajstić information content (AvgIpc) is 2.99. The molecule has 0 bridgehead atoms. The molecule has 1 saturated carbocycles. The molecule has 0 amide bonds. The highest BCUT2D eigenvalue weighted by atomic mass is 16.5. The van der Waals surface area contributed by atoms with E-state index in [2.05, 4.69) is 11.1 Å². The Balaban J connectivity index is 1.91. The monoisotopic (exact) mass is 389 g/mol. The van der Waals surface area contributed by atoms with Gasteiger partial charge in [-0.25, -0.2) is 0 Å². The lowest BCUT2D eigenvalue weighted by Gasteiger charge is -2.36. The molecule has 0 saturated heterocycles. The summed E-state index contributed by atoms with van der Waals surface area (Å²) >= 11 is 0. The summed E-state index contributed by atoms with van der Waals surface area (Å²) in [5.74, 6) is -0.137. The standard InChI is InChI=1S/C25H27NO3/c1-15-22(18-7-5-6-8-19(18)26-15)23(16-9-11-17(29-4)12-10-16)24-20(27)13-25(2,3)14-21(24)28/h5-12,23-24,26H,13-14H2,1-4H3. The average molecular weight is 389 g/mol. The van der Waals surface area contributed by atoms with Crippen LogP contribution in [0.25, 0.3) is 10.9 Å². The van der Waals surface area contributed by atoms with Gasteiger partial charge in [0.05, 0.1) is 13.0 Å². The lowest BCUT2D eigenvalue weighted by atomic mass is 9.65. The van der Waals surface area contributed by atoms with Gasteiger partial charge in [0, 0.05) is 35.4 Å². The van der Waals surface area contributed by atoms with Crippen LogP contribution in [0.1, 0.15) is 49.4 Å². The Bertz CT molecular complexity index is 1060. The number of methoxy groups -OCH3 is 1. The van der Waals surface area contributed by atoms with Crippen molar-refractivity contribution in [3.05, 3.63) is 65.4 Å². The molecule has 1 N–H and O–H groups in total. The van der Waals surface area contributed by atoms with Gasteiger partial charge in [0.15, 0.2) is 0 Å². The van der Waals surface area contributed by atoms with Crippen molar-refractivity contribution in [2.75, 3.05) is 7.11 Å². The lowest BCUT2D eigenvalue weighted by molar-refractivity contribution is -0.140. The first kappa shape index (κ1) is 19.4. The summed E-state index contributed by atoms with van der Waals surface area (Å²) in [5.41, 5.74) is 3.75. The molecule has 0 aliphatic heterocycles. The summed E-state index contributed by atoms with van der Waals surface area (Å²) in [5, 5.41) is 1.07. The molecule has 1 unspecified atom stereocenters. The van der Waals surface area contributed by atoms with E-state index in [1.807, 2.05) is 63.2 Å². The third-order valence-electron chi connectivity index (χ3n) is 6.06. The highest BCUT2D eigenvalue weighted by molar-refractivity contribution is 6.07. The zero-order chi connectivity index (χ0) is 20.8. The van der Waals surface area contributed by atoms with Crippen molar-refractivity contribution in [2.24, 2.45) is 11.3 Å². The third kappa shape index (κ3) is 3.48. The molecule has 4 heteroatoms. The van der Waals surface area contributed by atoms with Crippen LogP contribution in [0.5, 0.6) is 5.75 Å². The number of carbonyl (C=O) groups excluding carboxylic acids is 2. The van der Waals surface area contributed by atoms with Crippen LogP contribution in [0.4, 0.5) is 0 Å². The van der Waals surface area contributed by atoms with E-state index < -0.39 is 5.92 Å². The van der Waals surface area contributed by atoms with Crippen molar-refractivity contribution in [1.82, 2.24) is 4.98 Å². The smallest absolute Gasteiger partial charge is 0.144 e.